The molecular weight excluding hydrogens is 572 g/mol. The molecule has 0 saturated carbocycles. The molecule has 0 bridgehead atoms. The monoisotopic (exact) mass is 596 g/mol. The Labute approximate surface area is 255 Å². The van der Waals surface area contributed by atoms with Crippen molar-refractivity contribution in [3.8, 4) is 11.8 Å². The quantitative estimate of drug-likeness (QED) is 0.231. The minimum absolute atomic E-state index is 0.149. The third kappa shape index (κ3) is 4.19. The van der Waals surface area contributed by atoms with Gasteiger partial charge in [0, 0.05) is 28.8 Å². The molecule has 0 aliphatic carbocycles. The second kappa shape index (κ2) is 10.5. The summed E-state index contributed by atoms with van der Waals surface area (Å²) in [7, 11) is 0. The number of Topliss-reactive ketones (excluding diaryl/α,β-unsaturated/α-hetero) is 2. The molecule has 0 fully saturated rings. The molecule has 220 valence electrons. The van der Waals surface area contributed by atoms with Gasteiger partial charge in [-0.1, -0.05) is 60.7 Å². The van der Waals surface area contributed by atoms with Crippen molar-refractivity contribution in [2.45, 2.75) is 13.7 Å². The number of rotatable bonds is 3. The molecule has 2 aliphatic heterocycles. The molecule has 3 N–H and O–H groups in total. The fraction of sp³-hybridized carbons (Fsp3) is 0.0571. The number of para-hydroxylation sites is 4. The third-order valence-electron chi connectivity index (χ3n) is 7.92. The maximum atomic E-state index is 12.6. The second-order valence-electron chi connectivity index (χ2n) is 10.5. The highest BCUT2D eigenvalue weighted by Crippen LogP contribution is 2.38. The number of aliphatic hydroxyl groups is 1. The first-order chi connectivity index (χ1) is 21.8. The first-order valence-electron chi connectivity index (χ1n) is 14.0. The van der Waals surface area contributed by atoms with Gasteiger partial charge in [-0.25, -0.2) is 9.98 Å². The first kappa shape index (κ1) is 27.7. The molecule has 10 nitrogen and oxygen atoms in total. The van der Waals surface area contributed by atoms with Crippen molar-refractivity contribution in [3.63, 3.8) is 0 Å². The van der Waals surface area contributed by atoms with E-state index in [9.17, 15) is 29.7 Å². The molecule has 2 aromatic heterocycles. The standard InChI is InChI=1S/C18H12N2O3.C17H12N2O3/c1-10(21)20-14-9-5-3-7-12(14)15(18(20)23)16-17(22)11-6-2-4-8-13(11)19-16;20-9-19-13-8-4-2-6-11(13)14(17(19)22)15-16(21)10-5-1-3-7-12(10)18-15/h2-9,23H,1H3;1-8,20,22H,9H2. The Morgan fingerprint density at radius 2 is 1.09 bits per heavy atom. The van der Waals surface area contributed by atoms with E-state index in [1.807, 2.05) is 18.2 Å². The Morgan fingerprint density at radius 1 is 0.644 bits per heavy atom. The molecule has 6 aromatic rings. The van der Waals surface area contributed by atoms with Crippen LogP contribution < -0.4 is 0 Å². The molecule has 45 heavy (non-hydrogen) atoms. The molecule has 0 radical (unpaired) electrons. The average molecular weight is 597 g/mol. The zero-order valence-corrected chi connectivity index (χ0v) is 23.8. The molecule has 0 saturated heterocycles. The summed E-state index contributed by atoms with van der Waals surface area (Å²) in [5.74, 6) is -1.19. The van der Waals surface area contributed by atoms with E-state index in [4.69, 9.17) is 0 Å². The Hall–Kier alpha value is -6.13. The number of carbonyl (C=O) groups excluding carboxylic acids is 3. The van der Waals surface area contributed by atoms with E-state index < -0.39 is 0 Å². The number of ketones is 2. The van der Waals surface area contributed by atoms with E-state index >= 15 is 0 Å². The van der Waals surface area contributed by atoms with Gasteiger partial charge < -0.3 is 15.3 Å². The van der Waals surface area contributed by atoms with Gasteiger partial charge in [0.15, 0.2) is 0 Å². The molecule has 0 amide bonds. The number of aromatic nitrogens is 2. The molecular formula is C35H24N4O6. The minimum Gasteiger partial charge on any atom is -0.494 e. The maximum Gasteiger partial charge on any atom is 0.230 e. The molecule has 8 rings (SSSR count). The van der Waals surface area contributed by atoms with Gasteiger partial charge in [0.1, 0.15) is 18.2 Å². The van der Waals surface area contributed by atoms with Crippen LogP contribution in [-0.4, -0.2) is 53.4 Å². The van der Waals surface area contributed by atoms with E-state index in [0.29, 0.717) is 55.4 Å². The number of aromatic hydroxyl groups is 2. The lowest BCUT2D eigenvalue weighted by Gasteiger charge is -2.02. The summed E-state index contributed by atoms with van der Waals surface area (Å²) < 4.78 is 2.55. The fourth-order valence-electron chi connectivity index (χ4n) is 5.91. The number of aliphatic imine (C=N–C) groups is 2. The highest BCUT2D eigenvalue weighted by molar-refractivity contribution is 6.57. The van der Waals surface area contributed by atoms with Crippen LogP contribution in [0.25, 0.3) is 21.8 Å². The normalized spacial score (nSPS) is 13.4. The van der Waals surface area contributed by atoms with Gasteiger partial charge in [0.2, 0.25) is 29.2 Å². The van der Waals surface area contributed by atoms with E-state index in [1.54, 1.807) is 78.9 Å². The molecule has 4 heterocycles. The molecule has 2 aliphatic rings. The Balaban J connectivity index is 0.000000145. The van der Waals surface area contributed by atoms with E-state index in [-0.39, 0.29) is 47.4 Å². The first-order valence-corrected chi connectivity index (χ1v) is 14.0. The van der Waals surface area contributed by atoms with Gasteiger partial charge >= 0.3 is 0 Å². The van der Waals surface area contributed by atoms with Crippen LogP contribution in [-0.2, 0) is 6.73 Å². The van der Waals surface area contributed by atoms with Crippen molar-refractivity contribution in [1.29, 1.82) is 0 Å². The van der Waals surface area contributed by atoms with Gasteiger partial charge in [-0.05, 0) is 36.4 Å². The molecule has 10 heteroatoms. The largest absolute Gasteiger partial charge is 0.494 e. The average Bonchev–Trinajstić information content (AvgIpc) is 3.74. The summed E-state index contributed by atoms with van der Waals surface area (Å²) in [6.45, 7) is 0.990. The zero-order valence-electron chi connectivity index (χ0n) is 23.8. The predicted molar refractivity (Wildman–Crippen MR) is 170 cm³/mol. The van der Waals surface area contributed by atoms with Crippen LogP contribution in [0.3, 0.4) is 0 Å². The van der Waals surface area contributed by atoms with Crippen molar-refractivity contribution < 1.29 is 29.7 Å². The number of hydrogen-bond donors (Lipinski definition) is 3. The lowest BCUT2D eigenvalue weighted by atomic mass is 10.0. The van der Waals surface area contributed by atoms with Gasteiger partial charge in [-0.3, -0.25) is 23.5 Å². The topological polar surface area (TPSA) is 146 Å². The number of hydrogen-bond acceptors (Lipinski definition) is 8. The SMILES string of the molecule is CC(=O)n1c(O)c(C2=Nc3ccccc3C2=O)c2ccccc21.O=C1C(c2c(O)n(CO)c3ccccc23)=Nc2ccccc21. The van der Waals surface area contributed by atoms with Crippen LogP contribution in [0.4, 0.5) is 11.4 Å². The van der Waals surface area contributed by atoms with E-state index in [0.717, 1.165) is 0 Å². The van der Waals surface area contributed by atoms with Gasteiger partial charge in [-0.2, -0.15) is 0 Å². The number of benzene rings is 4. The number of nitrogens with zero attached hydrogens (tertiary/aromatic N) is 4. The summed E-state index contributed by atoms with van der Waals surface area (Å²) in [6, 6.07) is 28.4. The lowest BCUT2D eigenvalue weighted by molar-refractivity contribution is 0.0931. The van der Waals surface area contributed by atoms with Crippen LogP contribution in [0.1, 0.15) is 43.6 Å². The Morgan fingerprint density at radius 3 is 1.60 bits per heavy atom. The van der Waals surface area contributed by atoms with Gasteiger partial charge in [-0.15, -0.1) is 0 Å². The van der Waals surface area contributed by atoms with Crippen LogP contribution in [0.2, 0.25) is 0 Å². The summed E-state index contributed by atoms with van der Waals surface area (Å²) in [5, 5.41) is 31.8. The van der Waals surface area contributed by atoms with Gasteiger partial charge in [0.05, 0.1) is 33.5 Å². The van der Waals surface area contributed by atoms with E-state index in [2.05, 4.69) is 9.98 Å². The van der Waals surface area contributed by atoms with Crippen molar-refractivity contribution in [2.75, 3.05) is 0 Å². The fourth-order valence-corrected chi connectivity index (χ4v) is 5.91. The Bertz CT molecular complexity index is 2310. The van der Waals surface area contributed by atoms with Crippen molar-refractivity contribution >= 4 is 62.1 Å². The zero-order chi connectivity index (χ0) is 31.4. The number of carbonyl (C=O) groups is 3. The van der Waals surface area contributed by atoms with E-state index in [1.165, 1.54) is 16.1 Å². The molecule has 0 spiro atoms. The molecule has 0 atom stereocenters. The van der Waals surface area contributed by atoms with Crippen molar-refractivity contribution in [1.82, 2.24) is 9.13 Å². The summed E-state index contributed by atoms with van der Waals surface area (Å²) >= 11 is 0. The molecule has 4 aromatic carbocycles. The van der Waals surface area contributed by atoms with Crippen LogP contribution in [0.15, 0.2) is 107 Å². The Kier molecular flexibility index (Phi) is 6.49. The lowest BCUT2D eigenvalue weighted by Crippen LogP contribution is -2.11. The van der Waals surface area contributed by atoms with Crippen molar-refractivity contribution in [3.05, 3.63) is 119 Å². The molecule has 0 unspecified atom stereocenters. The smallest absolute Gasteiger partial charge is 0.230 e. The highest BCUT2D eigenvalue weighted by Gasteiger charge is 2.33. The van der Waals surface area contributed by atoms with Crippen LogP contribution >= 0.6 is 0 Å². The number of aliphatic hydroxyl groups excluding tert-OH is 1. The van der Waals surface area contributed by atoms with Gasteiger partial charge in [0.25, 0.3) is 0 Å². The summed E-state index contributed by atoms with van der Waals surface area (Å²) in [4.78, 5) is 45.8. The summed E-state index contributed by atoms with van der Waals surface area (Å²) in [6.07, 6.45) is 0. The number of fused-ring (bicyclic) bond motifs is 4. The van der Waals surface area contributed by atoms with Crippen molar-refractivity contribution in [2.24, 2.45) is 9.98 Å². The minimum atomic E-state index is -0.374. The van der Waals surface area contributed by atoms with Crippen LogP contribution in [0, 0.1) is 0 Å². The predicted octanol–water partition coefficient (Wildman–Crippen LogP) is 5.94. The summed E-state index contributed by atoms with van der Waals surface area (Å²) in [5.41, 5.74) is 4.46. The second-order valence-corrected chi connectivity index (χ2v) is 10.5. The maximum absolute atomic E-state index is 12.6. The third-order valence-corrected chi connectivity index (χ3v) is 7.92. The van der Waals surface area contributed by atoms with Crippen LogP contribution in [0.5, 0.6) is 11.8 Å². The highest BCUT2D eigenvalue weighted by atomic mass is 16.3.